The van der Waals surface area contributed by atoms with Gasteiger partial charge in [-0.1, -0.05) is 0 Å². The summed E-state index contributed by atoms with van der Waals surface area (Å²) in [5, 5.41) is 3.22. The fraction of sp³-hybridized carbons (Fsp3) is 0.833. The first-order valence-electron chi connectivity index (χ1n) is 6.24. The molecule has 0 aliphatic carbocycles. The van der Waals surface area contributed by atoms with Crippen LogP contribution in [0, 0.1) is 5.92 Å². The first-order chi connectivity index (χ1) is 8.69. The monoisotopic (exact) mass is 294 g/mol. The predicted octanol–water partition coefficient (Wildman–Crippen LogP) is 0.0558. The number of nitrogens with zero attached hydrogens (tertiary/aromatic N) is 1. The largest absolute Gasteiger partial charge is 0.468 e. The predicted molar refractivity (Wildman–Crippen MR) is 73.3 cm³/mol. The number of rotatable bonds is 6. The Balaban J connectivity index is 0.00000324. The van der Waals surface area contributed by atoms with Gasteiger partial charge in [0.05, 0.1) is 13.7 Å². The standard InChI is InChI=1S/C12H22N2O4.ClH/c1-17-8-7-14(9-11(15)18-2)12(16)10-3-5-13-6-4-10;/h10,13H,3-9H2,1-2H3;1H. The van der Waals surface area contributed by atoms with Gasteiger partial charge < -0.3 is 19.7 Å². The van der Waals surface area contributed by atoms with E-state index in [-0.39, 0.29) is 30.8 Å². The lowest BCUT2D eigenvalue weighted by molar-refractivity contribution is -0.149. The number of ether oxygens (including phenoxy) is 2. The summed E-state index contributed by atoms with van der Waals surface area (Å²) < 4.78 is 9.58. The minimum absolute atomic E-state index is 0. The summed E-state index contributed by atoms with van der Waals surface area (Å²) in [6, 6.07) is 0. The fourth-order valence-corrected chi connectivity index (χ4v) is 2.02. The van der Waals surface area contributed by atoms with Gasteiger partial charge in [0.15, 0.2) is 0 Å². The summed E-state index contributed by atoms with van der Waals surface area (Å²) in [6.45, 7) is 2.56. The van der Waals surface area contributed by atoms with Crippen LogP contribution >= 0.6 is 12.4 Å². The van der Waals surface area contributed by atoms with E-state index < -0.39 is 5.97 Å². The topological polar surface area (TPSA) is 67.9 Å². The van der Waals surface area contributed by atoms with Gasteiger partial charge in [-0.15, -0.1) is 12.4 Å². The van der Waals surface area contributed by atoms with Crippen LogP contribution < -0.4 is 5.32 Å². The van der Waals surface area contributed by atoms with Gasteiger partial charge in [0.2, 0.25) is 5.91 Å². The zero-order valence-corrected chi connectivity index (χ0v) is 12.3. The van der Waals surface area contributed by atoms with Gasteiger partial charge >= 0.3 is 5.97 Å². The molecule has 0 bridgehead atoms. The van der Waals surface area contributed by atoms with Crippen molar-refractivity contribution < 1.29 is 19.1 Å². The number of nitrogens with one attached hydrogen (secondary N) is 1. The van der Waals surface area contributed by atoms with Gasteiger partial charge in [-0.3, -0.25) is 9.59 Å². The molecule has 1 aliphatic rings. The molecule has 0 aromatic rings. The van der Waals surface area contributed by atoms with Crippen molar-refractivity contribution in [2.45, 2.75) is 12.8 Å². The third-order valence-corrected chi connectivity index (χ3v) is 3.11. The highest BCUT2D eigenvalue weighted by Crippen LogP contribution is 2.15. The Hall–Kier alpha value is -0.850. The van der Waals surface area contributed by atoms with E-state index in [2.05, 4.69) is 10.1 Å². The second kappa shape index (κ2) is 10.00. The maximum atomic E-state index is 12.3. The average molecular weight is 295 g/mol. The molecule has 0 aromatic heterocycles. The summed E-state index contributed by atoms with van der Waals surface area (Å²) in [7, 11) is 2.90. The average Bonchev–Trinajstić information content (AvgIpc) is 2.43. The summed E-state index contributed by atoms with van der Waals surface area (Å²) in [5.41, 5.74) is 0. The molecule has 112 valence electrons. The van der Waals surface area contributed by atoms with Gasteiger partial charge in [-0.25, -0.2) is 0 Å². The van der Waals surface area contributed by atoms with E-state index in [1.54, 1.807) is 7.11 Å². The number of amides is 1. The van der Waals surface area contributed by atoms with E-state index in [0.717, 1.165) is 25.9 Å². The number of hydrogen-bond acceptors (Lipinski definition) is 5. The number of esters is 1. The molecule has 1 fully saturated rings. The molecule has 7 heteroatoms. The molecule has 1 rings (SSSR count). The lowest BCUT2D eigenvalue weighted by Crippen LogP contribution is -2.44. The van der Waals surface area contributed by atoms with Gasteiger partial charge in [0.1, 0.15) is 6.54 Å². The Morgan fingerprint density at radius 2 is 1.89 bits per heavy atom. The highest BCUT2D eigenvalue weighted by molar-refractivity contribution is 5.85. The van der Waals surface area contributed by atoms with Crippen LogP contribution in [0.25, 0.3) is 0 Å². The number of carbonyl (C=O) groups is 2. The molecule has 0 atom stereocenters. The number of halogens is 1. The minimum atomic E-state index is -0.395. The highest BCUT2D eigenvalue weighted by Gasteiger charge is 2.27. The summed E-state index contributed by atoms with van der Waals surface area (Å²) in [6.07, 6.45) is 1.65. The molecular formula is C12H23ClN2O4. The molecule has 1 amide bonds. The third kappa shape index (κ3) is 6.22. The summed E-state index contributed by atoms with van der Waals surface area (Å²) >= 11 is 0. The van der Waals surface area contributed by atoms with E-state index in [9.17, 15) is 9.59 Å². The molecule has 6 nitrogen and oxygen atoms in total. The number of methoxy groups -OCH3 is 2. The first kappa shape index (κ1) is 18.1. The van der Waals surface area contributed by atoms with Gasteiger partial charge in [0, 0.05) is 19.6 Å². The quantitative estimate of drug-likeness (QED) is 0.702. The Labute approximate surface area is 120 Å². The molecule has 0 spiro atoms. The molecule has 1 aliphatic heterocycles. The van der Waals surface area contributed by atoms with Crippen LogP contribution in [0.3, 0.4) is 0 Å². The minimum Gasteiger partial charge on any atom is -0.468 e. The molecule has 1 heterocycles. The maximum Gasteiger partial charge on any atom is 0.325 e. The molecule has 0 saturated carbocycles. The molecular weight excluding hydrogens is 272 g/mol. The van der Waals surface area contributed by atoms with Crippen LogP contribution in [0.4, 0.5) is 0 Å². The SMILES string of the molecule is COCCN(CC(=O)OC)C(=O)C1CCNCC1.Cl. The van der Waals surface area contributed by atoms with Crippen LogP contribution in [0.15, 0.2) is 0 Å². The molecule has 1 N–H and O–H groups in total. The smallest absolute Gasteiger partial charge is 0.325 e. The van der Waals surface area contributed by atoms with Crippen molar-refractivity contribution in [1.29, 1.82) is 0 Å². The van der Waals surface area contributed by atoms with E-state index in [1.807, 2.05) is 0 Å². The van der Waals surface area contributed by atoms with E-state index in [1.165, 1.54) is 12.0 Å². The Morgan fingerprint density at radius 1 is 1.26 bits per heavy atom. The van der Waals surface area contributed by atoms with Crippen molar-refractivity contribution in [3.8, 4) is 0 Å². The lowest BCUT2D eigenvalue weighted by Gasteiger charge is -2.28. The lowest BCUT2D eigenvalue weighted by atomic mass is 9.96. The van der Waals surface area contributed by atoms with Crippen LogP contribution in [-0.2, 0) is 19.1 Å². The second-order valence-corrected chi connectivity index (χ2v) is 4.35. The van der Waals surface area contributed by atoms with Crippen LogP contribution in [0.2, 0.25) is 0 Å². The van der Waals surface area contributed by atoms with Gasteiger partial charge in [0.25, 0.3) is 0 Å². The molecule has 19 heavy (non-hydrogen) atoms. The molecule has 0 aromatic carbocycles. The van der Waals surface area contributed by atoms with Crippen LogP contribution in [-0.4, -0.2) is 63.8 Å². The van der Waals surface area contributed by atoms with E-state index in [4.69, 9.17) is 4.74 Å². The zero-order chi connectivity index (χ0) is 13.4. The van der Waals surface area contributed by atoms with Crippen molar-refractivity contribution in [3.63, 3.8) is 0 Å². The number of hydrogen-bond donors (Lipinski definition) is 1. The second-order valence-electron chi connectivity index (χ2n) is 4.35. The Morgan fingerprint density at radius 3 is 2.42 bits per heavy atom. The van der Waals surface area contributed by atoms with Crippen molar-refractivity contribution in [2.75, 3.05) is 47.0 Å². The first-order valence-corrected chi connectivity index (χ1v) is 6.24. The maximum absolute atomic E-state index is 12.3. The van der Waals surface area contributed by atoms with Crippen LogP contribution in [0.5, 0.6) is 0 Å². The van der Waals surface area contributed by atoms with Gasteiger partial charge in [-0.05, 0) is 25.9 Å². The zero-order valence-electron chi connectivity index (χ0n) is 11.5. The molecule has 0 unspecified atom stereocenters. The third-order valence-electron chi connectivity index (χ3n) is 3.11. The van der Waals surface area contributed by atoms with Crippen molar-refractivity contribution >= 4 is 24.3 Å². The highest BCUT2D eigenvalue weighted by atomic mass is 35.5. The summed E-state index contributed by atoms with van der Waals surface area (Å²) in [5.74, 6) is -0.361. The van der Waals surface area contributed by atoms with Crippen molar-refractivity contribution in [2.24, 2.45) is 5.92 Å². The van der Waals surface area contributed by atoms with Gasteiger partial charge in [-0.2, -0.15) is 0 Å². The Kier molecular flexibility index (Phi) is 9.55. The normalized spacial score (nSPS) is 15.5. The summed E-state index contributed by atoms with van der Waals surface area (Å²) in [4.78, 5) is 25.1. The van der Waals surface area contributed by atoms with E-state index >= 15 is 0 Å². The van der Waals surface area contributed by atoms with E-state index in [0.29, 0.717) is 13.2 Å². The molecule has 1 saturated heterocycles. The van der Waals surface area contributed by atoms with Crippen molar-refractivity contribution in [1.82, 2.24) is 10.2 Å². The number of carbonyl (C=O) groups excluding carboxylic acids is 2. The Bertz CT molecular complexity index is 283. The number of piperidine rings is 1. The fourth-order valence-electron chi connectivity index (χ4n) is 2.02. The van der Waals surface area contributed by atoms with Crippen molar-refractivity contribution in [3.05, 3.63) is 0 Å². The van der Waals surface area contributed by atoms with Crippen LogP contribution in [0.1, 0.15) is 12.8 Å². The molecule has 0 radical (unpaired) electrons.